The van der Waals surface area contributed by atoms with Gasteiger partial charge in [0.1, 0.15) is 0 Å². The van der Waals surface area contributed by atoms with Gasteiger partial charge >= 0.3 is 37.9 Å². The second-order valence-corrected chi connectivity index (χ2v) is 8.40. The molecular weight excluding hydrogens is 418 g/mol. The number of hydrogen-bond acceptors (Lipinski definition) is 1. The van der Waals surface area contributed by atoms with E-state index >= 15 is 0 Å². The third-order valence-corrected chi connectivity index (χ3v) is 3.05. The summed E-state index contributed by atoms with van der Waals surface area (Å²) in [5, 5.41) is 4.66. The Morgan fingerprint density at radius 2 is 1.29 bits per heavy atom. The summed E-state index contributed by atoms with van der Waals surface area (Å²) in [6.07, 6.45) is 1.86. The van der Waals surface area contributed by atoms with Gasteiger partial charge in [-0.25, -0.2) is 0 Å². The van der Waals surface area contributed by atoms with Gasteiger partial charge in [-0.3, -0.25) is 4.99 Å². The molecule has 0 aliphatic rings. The van der Waals surface area contributed by atoms with Crippen molar-refractivity contribution in [3.63, 3.8) is 0 Å². The summed E-state index contributed by atoms with van der Waals surface area (Å²) < 4.78 is 0. The zero-order chi connectivity index (χ0) is 17.0. The van der Waals surface area contributed by atoms with Crippen LogP contribution in [0.1, 0.15) is 5.56 Å². The van der Waals surface area contributed by atoms with Crippen LogP contribution in [-0.2, 0) is 20.8 Å². The zero-order valence-corrected chi connectivity index (χ0v) is 16.8. The summed E-state index contributed by atoms with van der Waals surface area (Å²) in [6, 6.07) is 27.8. The van der Waals surface area contributed by atoms with Crippen LogP contribution in [-0.4, -0.2) is 6.21 Å². The Kier molecular flexibility index (Phi) is 8.83. The van der Waals surface area contributed by atoms with Gasteiger partial charge in [0.2, 0.25) is 0 Å². The van der Waals surface area contributed by atoms with Crippen LogP contribution < -0.4 is 0 Å². The number of para-hydroxylation sites is 3. The standard InChI is InChI=1S/C19H15N2.2ClH.Zr/c1-3-10-17(11-4-1)20-15-16-9-7-8-14-19(16)21-18-12-5-2-6-13-18;;;/h1-15H;2*1H;/q-1;;;+2/p-2. The molecule has 0 atom stereocenters. The Balaban J connectivity index is 0.000000647. The third-order valence-electron chi connectivity index (χ3n) is 3.05. The van der Waals surface area contributed by atoms with E-state index in [1.54, 1.807) is 0 Å². The maximum atomic E-state index is 4.93. The van der Waals surface area contributed by atoms with E-state index in [1.807, 2.05) is 91.1 Å². The molecule has 0 heterocycles. The summed E-state index contributed by atoms with van der Waals surface area (Å²) >= 11 is -0.826. The van der Waals surface area contributed by atoms with Gasteiger partial charge in [0.25, 0.3) is 0 Å². The molecule has 120 valence electrons. The van der Waals surface area contributed by atoms with Crippen LogP contribution in [0, 0.1) is 0 Å². The monoisotopic (exact) mass is 431 g/mol. The quantitative estimate of drug-likeness (QED) is 0.391. The molecule has 3 rings (SSSR count). The van der Waals surface area contributed by atoms with Crippen molar-refractivity contribution in [1.29, 1.82) is 0 Å². The molecule has 2 nitrogen and oxygen atoms in total. The molecule has 0 unspecified atom stereocenters. The molecular formula is C19H15Cl2N2Zr-. The van der Waals surface area contributed by atoms with Gasteiger partial charge in [-0.05, 0) is 17.7 Å². The summed E-state index contributed by atoms with van der Waals surface area (Å²) in [4.78, 5) is 4.49. The van der Waals surface area contributed by atoms with Gasteiger partial charge in [0, 0.05) is 6.21 Å². The van der Waals surface area contributed by atoms with Crippen molar-refractivity contribution in [1.82, 2.24) is 0 Å². The molecule has 0 aromatic heterocycles. The van der Waals surface area contributed by atoms with Crippen molar-refractivity contribution >= 4 is 40.3 Å². The molecule has 0 bridgehead atoms. The van der Waals surface area contributed by atoms with Crippen molar-refractivity contribution in [3.8, 4) is 0 Å². The van der Waals surface area contributed by atoms with Gasteiger partial charge in [-0.15, -0.1) is 11.4 Å². The molecule has 0 aliphatic heterocycles. The first-order chi connectivity index (χ1) is 11.8. The minimum atomic E-state index is -0.826. The van der Waals surface area contributed by atoms with E-state index in [-0.39, 0.29) is 0 Å². The predicted molar refractivity (Wildman–Crippen MR) is 101 cm³/mol. The summed E-state index contributed by atoms with van der Waals surface area (Å²) in [5.74, 6) is 0. The number of hydrogen-bond donors (Lipinski definition) is 0. The van der Waals surface area contributed by atoms with Crippen molar-refractivity contribution in [3.05, 3.63) is 95.8 Å². The minimum absolute atomic E-state index is 0.826. The van der Waals surface area contributed by atoms with Gasteiger partial charge in [-0.2, -0.15) is 0 Å². The Morgan fingerprint density at radius 1 is 0.750 bits per heavy atom. The second-order valence-electron chi connectivity index (χ2n) is 4.67. The molecule has 0 N–H and O–H groups in total. The number of nitrogens with zero attached hydrogens (tertiary/aromatic N) is 2. The van der Waals surface area contributed by atoms with Gasteiger partial charge in [-0.1, -0.05) is 72.8 Å². The molecule has 0 fully saturated rings. The van der Waals surface area contributed by atoms with Crippen LogP contribution in [0.5, 0.6) is 0 Å². The van der Waals surface area contributed by atoms with Crippen molar-refractivity contribution < 1.29 is 20.8 Å². The van der Waals surface area contributed by atoms with E-state index in [1.165, 1.54) is 0 Å². The zero-order valence-electron chi connectivity index (χ0n) is 12.8. The molecule has 0 aliphatic carbocycles. The van der Waals surface area contributed by atoms with E-state index in [2.05, 4.69) is 10.3 Å². The van der Waals surface area contributed by atoms with Crippen LogP contribution in [0.4, 0.5) is 17.1 Å². The van der Waals surface area contributed by atoms with Crippen molar-refractivity contribution in [2.45, 2.75) is 0 Å². The van der Waals surface area contributed by atoms with Crippen molar-refractivity contribution in [2.24, 2.45) is 4.99 Å². The van der Waals surface area contributed by atoms with E-state index < -0.39 is 20.8 Å². The predicted octanol–water partition coefficient (Wildman–Crippen LogP) is 7.15. The molecule has 5 heteroatoms. The Hall–Kier alpha value is -1.41. The van der Waals surface area contributed by atoms with Gasteiger partial charge in [0.05, 0.1) is 5.69 Å². The normalized spacial score (nSPS) is 9.92. The number of rotatable bonds is 4. The third kappa shape index (κ3) is 6.61. The number of benzene rings is 3. The summed E-state index contributed by atoms with van der Waals surface area (Å²) in [6.45, 7) is 0. The molecule has 3 aromatic carbocycles. The Morgan fingerprint density at radius 3 is 1.96 bits per heavy atom. The fourth-order valence-corrected chi connectivity index (χ4v) is 2.00. The first kappa shape index (κ1) is 18.9. The van der Waals surface area contributed by atoms with E-state index in [0.717, 1.165) is 22.6 Å². The van der Waals surface area contributed by atoms with E-state index in [4.69, 9.17) is 17.0 Å². The van der Waals surface area contributed by atoms with Gasteiger partial charge < -0.3 is 5.32 Å². The van der Waals surface area contributed by atoms with Crippen molar-refractivity contribution in [2.75, 3.05) is 0 Å². The molecule has 3 aromatic rings. The van der Waals surface area contributed by atoms with Crippen LogP contribution in [0.15, 0.2) is 89.9 Å². The van der Waals surface area contributed by atoms with Crippen LogP contribution >= 0.6 is 17.0 Å². The summed E-state index contributed by atoms with van der Waals surface area (Å²) in [5.41, 5.74) is 3.80. The van der Waals surface area contributed by atoms with Gasteiger partial charge in [0.15, 0.2) is 0 Å². The fourth-order valence-electron chi connectivity index (χ4n) is 2.00. The maximum absolute atomic E-state index is 4.93. The summed E-state index contributed by atoms with van der Waals surface area (Å²) in [7, 11) is 9.87. The molecule has 0 saturated heterocycles. The Bertz CT molecular complexity index is 750. The number of halogens is 2. The van der Waals surface area contributed by atoms with Crippen LogP contribution in [0.25, 0.3) is 5.32 Å². The molecule has 0 amide bonds. The molecule has 0 saturated carbocycles. The molecule has 0 spiro atoms. The molecule has 24 heavy (non-hydrogen) atoms. The molecule has 0 radical (unpaired) electrons. The second kappa shape index (κ2) is 11.2. The SMILES string of the molecule is C(=Nc1ccccc1)c1ccccc1[N-]c1ccccc1.[Cl][Zr][Cl]. The first-order valence-electron chi connectivity index (χ1n) is 7.24. The first-order valence-corrected chi connectivity index (χ1v) is 13.6. The van der Waals surface area contributed by atoms with E-state index in [0.29, 0.717) is 0 Å². The average Bonchev–Trinajstić information content (AvgIpc) is 2.63. The number of aliphatic imine (C=N–C) groups is 1. The van der Waals surface area contributed by atoms with E-state index in [9.17, 15) is 0 Å². The van der Waals surface area contributed by atoms with Crippen LogP contribution in [0.2, 0.25) is 0 Å². The Labute approximate surface area is 161 Å². The average molecular weight is 433 g/mol. The van der Waals surface area contributed by atoms with Crippen LogP contribution in [0.3, 0.4) is 0 Å². The topological polar surface area (TPSA) is 26.5 Å². The fraction of sp³-hybridized carbons (Fsp3) is 0.